The lowest BCUT2D eigenvalue weighted by atomic mass is 10.0. The fourth-order valence-electron chi connectivity index (χ4n) is 2.07. The summed E-state index contributed by atoms with van der Waals surface area (Å²) in [4.78, 5) is 14.6. The maximum atomic E-state index is 11.6. The lowest BCUT2D eigenvalue weighted by molar-refractivity contribution is 0.602. The summed E-state index contributed by atoms with van der Waals surface area (Å²) in [6, 6.07) is 9.76. The van der Waals surface area contributed by atoms with Gasteiger partial charge in [-0.15, -0.1) is 0 Å². The third kappa shape index (κ3) is 3.03. The van der Waals surface area contributed by atoms with Crippen LogP contribution in [0.3, 0.4) is 0 Å². The zero-order valence-corrected chi connectivity index (χ0v) is 12.5. The molecule has 0 amide bonds. The van der Waals surface area contributed by atoms with Crippen LogP contribution in [0, 0.1) is 11.3 Å². The molecule has 0 unspecified atom stereocenters. The minimum absolute atomic E-state index is 0.0365. The van der Waals surface area contributed by atoms with Crippen molar-refractivity contribution in [3.05, 3.63) is 51.9 Å². The number of sulfone groups is 1. The van der Waals surface area contributed by atoms with Crippen LogP contribution in [0.5, 0.6) is 0 Å². The van der Waals surface area contributed by atoms with E-state index in [1.807, 2.05) is 13.0 Å². The van der Waals surface area contributed by atoms with Gasteiger partial charge in [0.15, 0.2) is 9.84 Å². The standard InChI is InChI=1S/C15H14N2O3S/c1-3-14-13(8-11(9-16)15(18)17-14)10-4-6-12(7-5-10)21(2,19)20/h4-8H,3H2,1-2H3,(H,17,18). The average Bonchev–Trinajstić information content (AvgIpc) is 2.46. The molecule has 0 aliphatic carbocycles. The number of pyridine rings is 1. The fraction of sp³-hybridized carbons (Fsp3) is 0.200. The molecule has 0 radical (unpaired) electrons. The highest BCUT2D eigenvalue weighted by Gasteiger charge is 2.11. The second-order valence-corrected chi connectivity index (χ2v) is 6.68. The van der Waals surface area contributed by atoms with Crippen LogP contribution < -0.4 is 5.56 Å². The summed E-state index contributed by atoms with van der Waals surface area (Å²) >= 11 is 0. The Labute approximate surface area is 122 Å². The molecule has 2 rings (SSSR count). The molecular formula is C15H14N2O3S. The van der Waals surface area contributed by atoms with Crippen LogP contribution in [0.1, 0.15) is 18.2 Å². The van der Waals surface area contributed by atoms with Gasteiger partial charge in [0.25, 0.3) is 5.56 Å². The van der Waals surface area contributed by atoms with Crippen molar-refractivity contribution < 1.29 is 8.42 Å². The summed E-state index contributed by atoms with van der Waals surface area (Å²) in [6.45, 7) is 1.89. The molecule has 0 fully saturated rings. The molecule has 0 saturated carbocycles. The molecule has 108 valence electrons. The number of rotatable bonds is 3. The Kier molecular flexibility index (Phi) is 3.96. The van der Waals surface area contributed by atoms with Gasteiger partial charge >= 0.3 is 0 Å². The van der Waals surface area contributed by atoms with Crippen molar-refractivity contribution >= 4 is 9.84 Å². The van der Waals surface area contributed by atoms with Crippen molar-refractivity contribution in [2.24, 2.45) is 0 Å². The van der Waals surface area contributed by atoms with Crippen molar-refractivity contribution in [3.8, 4) is 17.2 Å². The molecule has 1 aromatic carbocycles. The molecule has 1 heterocycles. The van der Waals surface area contributed by atoms with Crippen molar-refractivity contribution in [2.45, 2.75) is 18.2 Å². The number of aromatic nitrogens is 1. The van der Waals surface area contributed by atoms with E-state index in [0.717, 1.165) is 17.4 Å². The monoisotopic (exact) mass is 302 g/mol. The van der Waals surface area contributed by atoms with Crippen LogP contribution in [0.25, 0.3) is 11.1 Å². The van der Waals surface area contributed by atoms with Crippen LogP contribution in [-0.2, 0) is 16.3 Å². The molecule has 0 atom stereocenters. The third-order valence-electron chi connectivity index (χ3n) is 3.19. The van der Waals surface area contributed by atoms with E-state index in [1.165, 1.54) is 18.2 Å². The predicted molar refractivity (Wildman–Crippen MR) is 79.7 cm³/mol. The first kappa shape index (κ1) is 15.0. The van der Waals surface area contributed by atoms with Gasteiger partial charge in [0.05, 0.1) is 4.90 Å². The Balaban J connectivity index is 2.62. The van der Waals surface area contributed by atoms with Crippen molar-refractivity contribution in [2.75, 3.05) is 6.26 Å². The molecule has 0 bridgehead atoms. The second kappa shape index (κ2) is 5.54. The van der Waals surface area contributed by atoms with Crippen LogP contribution in [0.4, 0.5) is 0 Å². The molecule has 1 N–H and O–H groups in total. The number of nitriles is 1. The normalized spacial score (nSPS) is 11.1. The number of aromatic amines is 1. The van der Waals surface area contributed by atoms with E-state index in [4.69, 9.17) is 5.26 Å². The number of nitrogens with one attached hydrogen (secondary N) is 1. The first-order chi connectivity index (χ1) is 9.86. The van der Waals surface area contributed by atoms with Gasteiger partial charge in [-0.25, -0.2) is 8.42 Å². The van der Waals surface area contributed by atoms with Crippen LogP contribution >= 0.6 is 0 Å². The molecule has 21 heavy (non-hydrogen) atoms. The largest absolute Gasteiger partial charge is 0.324 e. The Bertz CT molecular complexity index is 873. The number of H-pyrrole nitrogens is 1. The molecular weight excluding hydrogens is 288 g/mol. The summed E-state index contributed by atoms with van der Waals surface area (Å²) in [7, 11) is -3.25. The zero-order valence-electron chi connectivity index (χ0n) is 11.7. The van der Waals surface area contributed by atoms with Gasteiger partial charge in [0, 0.05) is 17.5 Å². The van der Waals surface area contributed by atoms with Crippen molar-refractivity contribution in [1.82, 2.24) is 4.98 Å². The molecule has 0 saturated heterocycles. The number of nitrogens with zero attached hydrogens (tertiary/aromatic N) is 1. The number of hydrogen-bond donors (Lipinski definition) is 1. The third-order valence-corrected chi connectivity index (χ3v) is 4.32. The SMILES string of the molecule is CCc1[nH]c(=O)c(C#N)cc1-c1ccc(S(C)(=O)=O)cc1. The van der Waals surface area contributed by atoms with Gasteiger partial charge < -0.3 is 4.98 Å². The Hall–Kier alpha value is -2.39. The smallest absolute Gasteiger partial charge is 0.266 e. The van der Waals surface area contributed by atoms with Crippen LogP contribution in [0.15, 0.2) is 40.0 Å². The first-order valence-electron chi connectivity index (χ1n) is 6.33. The van der Waals surface area contributed by atoms with E-state index in [-0.39, 0.29) is 10.5 Å². The second-order valence-electron chi connectivity index (χ2n) is 4.67. The molecule has 1 aromatic heterocycles. The van der Waals surface area contributed by atoms with Gasteiger partial charge in [-0.1, -0.05) is 19.1 Å². The summed E-state index contributed by atoms with van der Waals surface area (Å²) < 4.78 is 22.9. The Morgan fingerprint density at radius 2 is 1.86 bits per heavy atom. The van der Waals surface area contributed by atoms with Gasteiger partial charge in [-0.05, 0) is 30.2 Å². The van der Waals surface area contributed by atoms with E-state index in [1.54, 1.807) is 12.1 Å². The van der Waals surface area contributed by atoms with Crippen molar-refractivity contribution in [1.29, 1.82) is 5.26 Å². The Morgan fingerprint density at radius 3 is 2.33 bits per heavy atom. The van der Waals surface area contributed by atoms with E-state index in [9.17, 15) is 13.2 Å². The lowest BCUT2D eigenvalue weighted by Gasteiger charge is -2.09. The number of aryl methyl sites for hydroxylation is 1. The molecule has 0 spiro atoms. The minimum atomic E-state index is -3.25. The number of hydrogen-bond acceptors (Lipinski definition) is 4. The fourth-order valence-corrected chi connectivity index (χ4v) is 2.70. The lowest BCUT2D eigenvalue weighted by Crippen LogP contribution is -2.13. The van der Waals surface area contributed by atoms with Crippen molar-refractivity contribution in [3.63, 3.8) is 0 Å². The molecule has 0 aliphatic rings. The average molecular weight is 302 g/mol. The number of benzene rings is 1. The topological polar surface area (TPSA) is 90.8 Å². The Morgan fingerprint density at radius 1 is 1.24 bits per heavy atom. The quantitative estimate of drug-likeness (QED) is 0.937. The predicted octanol–water partition coefficient (Wildman–Crippen LogP) is 1.88. The minimum Gasteiger partial charge on any atom is -0.324 e. The van der Waals surface area contributed by atoms with E-state index < -0.39 is 15.4 Å². The molecule has 2 aromatic rings. The summed E-state index contributed by atoms with van der Waals surface area (Å²) in [5, 5.41) is 8.95. The highest BCUT2D eigenvalue weighted by molar-refractivity contribution is 7.90. The van der Waals surface area contributed by atoms with Gasteiger partial charge in [-0.3, -0.25) is 4.79 Å². The highest BCUT2D eigenvalue weighted by atomic mass is 32.2. The first-order valence-corrected chi connectivity index (χ1v) is 8.22. The van der Waals surface area contributed by atoms with Gasteiger partial charge in [-0.2, -0.15) is 5.26 Å². The van der Waals surface area contributed by atoms with E-state index in [0.29, 0.717) is 12.1 Å². The molecule has 5 nitrogen and oxygen atoms in total. The molecule has 0 aliphatic heterocycles. The summed E-state index contributed by atoms with van der Waals surface area (Å²) in [6.07, 6.45) is 1.75. The van der Waals surface area contributed by atoms with E-state index >= 15 is 0 Å². The van der Waals surface area contributed by atoms with E-state index in [2.05, 4.69) is 4.98 Å². The molecule has 6 heteroatoms. The van der Waals surface area contributed by atoms with Crippen LogP contribution in [-0.4, -0.2) is 19.7 Å². The summed E-state index contributed by atoms with van der Waals surface area (Å²) in [5.74, 6) is 0. The maximum Gasteiger partial charge on any atom is 0.266 e. The summed E-state index contributed by atoms with van der Waals surface area (Å²) in [5.41, 5.74) is 1.83. The maximum absolute atomic E-state index is 11.6. The van der Waals surface area contributed by atoms with Crippen LogP contribution in [0.2, 0.25) is 0 Å². The zero-order chi connectivity index (χ0) is 15.6. The highest BCUT2D eigenvalue weighted by Crippen LogP contribution is 2.24. The van der Waals surface area contributed by atoms with Gasteiger partial charge in [0.2, 0.25) is 0 Å². The van der Waals surface area contributed by atoms with Gasteiger partial charge in [0.1, 0.15) is 11.6 Å².